The van der Waals surface area contributed by atoms with Gasteiger partial charge in [-0.25, -0.2) is 0 Å². The van der Waals surface area contributed by atoms with Crippen molar-refractivity contribution in [3.05, 3.63) is 57.6 Å². The number of nitrogens with zero attached hydrogens (tertiary/aromatic N) is 1. The molecule has 2 aromatic rings. The predicted octanol–water partition coefficient (Wildman–Crippen LogP) is 4.99. The summed E-state index contributed by atoms with van der Waals surface area (Å²) in [5.74, 6) is 1.01. The Kier molecular flexibility index (Phi) is 8.26. The number of ether oxygens (including phenoxy) is 2. The van der Waals surface area contributed by atoms with Crippen LogP contribution in [-0.2, 0) is 22.6 Å². The average Bonchev–Trinajstić information content (AvgIpc) is 3.24. The summed E-state index contributed by atoms with van der Waals surface area (Å²) in [5.41, 5.74) is 1.57. The highest BCUT2D eigenvalue weighted by Gasteiger charge is 2.28. The van der Waals surface area contributed by atoms with Gasteiger partial charge in [-0.05, 0) is 56.5 Å². The molecule has 2 atom stereocenters. The summed E-state index contributed by atoms with van der Waals surface area (Å²) in [6.07, 6.45) is 1.53. The van der Waals surface area contributed by atoms with Gasteiger partial charge in [-0.3, -0.25) is 9.59 Å². The van der Waals surface area contributed by atoms with Crippen molar-refractivity contribution < 1.29 is 19.1 Å². The van der Waals surface area contributed by atoms with Gasteiger partial charge in [0.25, 0.3) is 0 Å². The fourth-order valence-corrected chi connectivity index (χ4v) is 3.91. The summed E-state index contributed by atoms with van der Waals surface area (Å²) in [7, 11) is 0. The van der Waals surface area contributed by atoms with E-state index in [1.165, 1.54) is 4.90 Å². The number of halogens is 2. The molecule has 2 amide bonds. The minimum absolute atomic E-state index is 0.0134. The van der Waals surface area contributed by atoms with Crippen LogP contribution in [0.2, 0.25) is 10.0 Å². The molecule has 0 saturated carbocycles. The summed E-state index contributed by atoms with van der Waals surface area (Å²) in [6, 6.07) is 10.2. The van der Waals surface area contributed by atoms with Crippen LogP contribution in [0.3, 0.4) is 0 Å². The lowest BCUT2D eigenvalue weighted by Crippen LogP contribution is -2.49. The van der Waals surface area contributed by atoms with Crippen molar-refractivity contribution in [3.8, 4) is 11.5 Å². The molecule has 32 heavy (non-hydrogen) atoms. The number of aryl methyl sites for hydroxylation is 1. The minimum Gasteiger partial charge on any atom is -0.454 e. The Morgan fingerprint density at radius 1 is 1.09 bits per heavy atom. The number of nitrogens with one attached hydrogen (secondary N) is 1. The Morgan fingerprint density at radius 2 is 1.78 bits per heavy atom. The van der Waals surface area contributed by atoms with E-state index in [1.807, 2.05) is 32.0 Å². The highest BCUT2D eigenvalue weighted by molar-refractivity contribution is 6.36. The van der Waals surface area contributed by atoms with Crippen molar-refractivity contribution in [2.75, 3.05) is 6.79 Å². The first-order valence-electron chi connectivity index (χ1n) is 10.7. The zero-order chi connectivity index (χ0) is 23.3. The Balaban J connectivity index is 1.77. The van der Waals surface area contributed by atoms with Gasteiger partial charge in [0.1, 0.15) is 6.04 Å². The molecule has 0 unspecified atom stereocenters. The van der Waals surface area contributed by atoms with E-state index in [0.29, 0.717) is 33.5 Å². The van der Waals surface area contributed by atoms with Gasteiger partial charge in [0.15, 0.2) is 11.5 Å². The number of carbonyl (C=O) groups is 2. The summed E-state index contributed by atoms with van der Waals surface area (Å²) < 4.78 is 10.8. The van der Waals surface area contributed by atoms with E-state index in [9.17, 15) is 9.59 Å². The SMILES string of the molecule is CC[C@@H](C)NC(=O)[C@@H](C)N(Cc1c(Cl)cccc1Cl)C(=O)CCc1ccc2c(c1)OCO2. The van der Waals surface area contributed by atoms with Crippen LogP contribution in [0.25, 0.3) is 0 Å². The molecule has 0 aromatic heterocycles. The average molecular weight is 479 g/mol. The number of hydrogen-bond donors (Lipinski definition) is 1. The van der Waals surface area contributed by atoms with Crippen LogP contribution < -0.4 is 14.8 Å². The third kappa shape index (κ3) is 5.87. The van der Waals surface area contributed by atoms with Gasteiger partial charge in [-0.2, -0.15) is 0 Å². The van der Waals surface area contributed by atoms with Crippen molar-refractivity contribution in [1.29, 1.82) is 0 Å². The number of carbonyl (C=O) groups excluding carboxylic acids is 2. The Labute approximate surface area is 198 Å². The van der Waals surface area contributed by atoms with E-state index < -0.39 is 6.04 Å². The Hall–Kier alpha value is -2.44. The van der Waals surface area contributed by atoms with Gasteiger partial charge < -0.3 is 19.7 Å². The van der Waals surface area contributed by atoms with Crippen molar-refractivity contribution in [2.45, 2.75) is 58.7 Å². The van der Waals surface area contributed by atoms with Gasteiger partial charge in [0, 0.05) is 34.6 Å². The van der Waals surface area contributed by atoms with Gasteiger partial charge in [0.05, 0.1) is 0 Å². The van der Waals surface area contributed by atoms with Crippen molar-refractivity contribution in [3.63, 3.8) is 0 Å². The molecule has 1 aliphatic rings. The molecule has 8 heteroatoms. The van der Waals surface area contributed by atoms with E-state index in [-0.39, 0.29) is 37.6 Å². The van der Waals surface area contributed by atoms with Crippen molar-refractivity contribution >= 4 is 35.0 Å². The molecule has 0 radical (unpaired) electrons. The second kappa shape index (κ2) is 10.9. The summed E-state index contributed by atoms with van der Waals surface area (Å²) >= 11 is 12.7. The number of amides is 2. The van der Waals surface area contributed by atoms with E-state index in [0.717, 1.165) is 12.0 Å². The highest BCUT2D eigenvalue weighted by Crippen LogP contribution is 2.33. The first-order chi connectivity index (χ1) is 15.3. The van der Waals surface area contributed by atoms with E-state index in [4.69, 9.17) is 32.7 Å². The van der Waals surface area contributed by atoms with Gasteiger partial charge in [-0.1, -0.05) is 42.3 Å². The van der Waals surface area contributed by atoms with E-state index in [2.05, 4.69) is 5.32 Å². The van der Waals surface area contributed by atoms with Gasteiger partial charge in [0.2, 0.25) is 18.6 Å². The molecule has 0 bridgehead atoms. The lowest BCUT2D eigenvalue weighted by atomic mass is 10.1. The molecule has 0 aliphatic carbocycles. The summed E-state index contributed by atoms with van der Waals surface area (Å²) in [5, 5.41) is 3.87. The molecular formula is C24H28Cl2N2O4. The fraction of sp³-hybridized carbons (Fsp3) is 0.417. The monoisotopic (exact) mass is 478 g/mol. The molecule has 1 heterocycles. The number of hydrogen-bond acceptors (Lipinski definition) is 4. The Bertz CT molecular complexity index is 962. The second-order valence-corrected chi connectivity index (χ2v) is 8.72. The topological polar surface area (TPSA) is 67.9 Å². The third-order valence-electron chi connectivity index (χ3n) is 5.62. The molecule has 0 spiro atoms. The van der Waals surface area contributed by atoms with Crippen LogP contribution in [0.5, 0.6) is 11.5 Å². The maximum atomic E-state index is 13.3. The molecule has 172 valence electrons. The fourth-order valence-electron chi connectivity index (χ4n) is 3.39. The Morgan fingerprint density at radius 3 is 2.47 bits per heavy atom. The highest BCUT2D eigenvalue weighted by atomic mass is 35.5. The molecule has 0 saturated heterocycles. The molecule has 1 aliphatic heterocycles. The molecule has 2 aromatic carbocycles. The van der Waals surface area contributed by atoms with E-state index in [1.54, 1.807) is 25.1 Å². The molecule has 6 nitrogen and oxygen atoms in total. The van der Waals surface area contributed by atoms with Crippen LogP contribution in [0.1, 0.15) is 44.7 Å². The zero-order valence-corrected chi connectivity index (χ0v) is 20.0. The van der Waals surface area contributed by atoms with Crippen molar-refractivity contribution in [1.82, 2.24) is 10.2 Å². The number of fused-ring (bicyclic) bond motifs is 1. The second-order valence-electron chi connectivity index (χ2n) is 7.90. The minimum atomic E-state index is -0.680. The molecule has 3 rings (SSSR count). The van der Waals surface area contributed by atoms with Crippen molar-refractivity contribution in [2.24, 2.45) is 0 Å². The largest absolute Gasteiger partial charge is 0.454 e. The number of benzene rings is 2. The lowest BCUT2D eigenvalue weighted by Gasteiger charge is -2.30. The maximum Gasteiger partial charge on any atom is 0.242 e. The molecule has 1 N–H and O–H groups in total. The standard InChI is InChI=1S/C24H28Cl2N2O4/c1-4-15(2)27-24(30)16(3)28(13-18-19(25)6-5-7-20(18)26)23(29)11-9-17-8-10-21-22(12-17)32-14-31-21/h5-8,10,12,15-16H,4,9,11,13-14H2,1-3H3,(H,27,30)/t15-,16-/m1/s1. The normalized spacial score (nSPS) is 14.0. The van der Waals surface area contributed by atoms with E-state index >= 15 is 0 Å². The van der Waals surface area contributed by atoms with Crippen LogP contribution in [0.4, 0.5) is 0 Å². The smallest absolute Gasteiger partial charge is 0.242 e. The third-order valence-corrected chi connectivity index (χ3v) is 6.33. The lowest BCUT2D eigenvalue weighted by molar-refractivity contribution is -0.140. The predicted molar refractivity (Wildman–Crippen MR) is 125 cm³/mol. The zero-order valence-electron chi connectivity index (χ0n) is 18.5. The van der Waals surface area contributed by atoms with Gasteiger partial charge >= 0.3 is 0 Å². The molecular weight excluding hydrogens is 451 g/mol. The summed E-state index contributed by atoms with van der Waals surface area (Å²) in [4.78, 5) is 27.6. The van der Waals surface area contributed by atoms with Crippen LogP contribution in [0, 0.1) is 0 Å². The first kappa shape index (κ1) is 24.2. The summed E-state index contributed by atoms with van der Waals surface area (Å²) in [6.45, 7) is 6.00. The quantitative estimate of drug-likeness (QED) is 0.551. The van der Waals surface area contributed by atoms with Crippen LogP contribution >= 0.6 is 23.2 Å². The first-order valence-corrected chi connectivity index (χ1v) is 11.5. The van der Waals surface area contributed by atoms with Crippen LogP contribution in [-0.4, -0.2) is 35.6 Å². The van der Waals surface area contributed by atoms with Gasteiger partial charge in [-0.15, -0.1) is 0 Å². The molecule has 0 fully saturated rings. The maximum absolute atomic E-state index is 13.3. The van der Waals surface area contributed by atoms with Crippen LogP contribution in [0.15, 0.2) is 36.4 Å². The number of rotatable bonds is 9.